The maximum absolute atomic E-state index is 13.5. The predicted octanol–water partition coefficient (Wildman–Crippen LogP) is 4.23. The zero-order chi connectivity index (χ0) is 14.0. The van der Waals surface area contributed by atoms with E-state index in [0.717, 1.165) is 15.7 Å². The normalized spacial score (nSPS) is 10.3. The fourth-order valence-corrected chi connectivity index (χ4v) is 2.09. The molecule has 0 heterocycles. The number of hydrogen-bond acceptors (Lipinski definition) is 3. The van der Waals surface area contributed by atoms with E-state index in [9.17, 15) is 4.39 Å². The summed E-state index contributed by atoms with van der Waals surface area (Å²) < 4.78 is 19.4. The highest BCUT2D eigenvalue weighted by atomic mass is 79.9. The number of methoxy groups -OCH3 is 1. The van der Waals surface area contributed by atoms with Crippen molar-refractivity contribution in [3.63, 3.8) is 0 Å². The average molecular weight is 325 g/mol. The van der Waals surface area contributed by atoms with Crippen LogP contribution in [0.2, 0.25) is 0 Å². The smallest absolute Gasteiger partial charge is 0.167 e. The molecule has 3 N–H and O–H groups in total. The van der Waals surface area contributed by atoms with Gasteiger partial charge in [0, 0.05) is 16.6 Å². The zero-order valence-corrected chi connectivity index (χ0v) is 12.2. The molecule has 0 aliphatic rings. The van der Waals surface area contributed by atoms with Gasteiger partial charge in [0.05, 0.1) is 24.2 Å². The number of hydrogen-bond donors (Lipinski definition) is 2. The Kier molecular flexibility index (Phi) is 3.95. The summed E-state index contributed by atoms with van der Waals surface area (Å²) in [5.74, 6) is -0.325. The predicted molar refractivity (Wildman–Crippen MR) is 79.5 cm³/mol. The van der Waals surface area contributed by atoms with Crippen LogP contribution < -0.4 is 15.8 Å². The fraction of sp³-hybridized carbons (Fsp3) is 0.143. The van der Waals surface area contributed by atoms with E-state index in [-0.39, 0.29) is 5.75 Å². The summed E-state index contributed by atoms with van der Waals surface area (Å²) in [6.07, 6.45) is 0. The Morgan fingerprint density at radius 3 is 2.68 bits per heavy atom. The second-order valence-electron chi connectivity index (χ2n) is 4.14. The van der Waals surface area contributed by atoms with Gasteiger partial charge in [-0.1, -0.05) is 12.1 Å². The average Bonchev–Trinajstić information content (AvgIpc) is 2.38. The second-order valence-corrected chi connectivity index (χ2v) is 4.93. The Morgan fingerprint density at radius 2 is 2.00 bits per heavy atom. The fourth-order valence-electron chi connectivity index (χ4n) is 1.72. The quantitative estimate of drug-likeness (QED) is 0.830. The van der Waals surface area contributed by atoms with Crippen molar-refractivity contribution in [1.29, 1.82) is 0 Å². The van der Waals surface area contributed by atoms with Gasteiger partial charge < -0.3 is 15.8 Å². The molecule has 0 unspecified atom stereocenters. The molecule has 0 saturated heterocycles. The minimum atomic E-state index is -0.478. The van der Waals surface area contributed by atoms with Crippen LogP contribution in [0.1, 0.15) is 5.56 Å². The largest absolute Gasteiger partial charge is 0.494 e. The Bertz CT molecular complexity index is 617. The summed E-state index contributed by atoms with van der Waals surface area (Å²) in [4.78, 5) is 0. The minimum absolute atomic E-state index is 0.153. The molecule has 0 aliphatic carbocycles. The second kappa shape index (κ2) is 5.48. The molecule has 2 rings (SSSR count). The van der Waals surface area contributed by atoms with Crippen molar-refractivity contribution in [2.24, 2.45) is 0 Å². The van der Waals surface area contributed by atoms with Crippen LogP contribution in [0, 0.1) is 12.7 Å². The van der Waals surface area contributed by atoms with Crippen molar-refractivity contribution < 1.29 is 9.13 Å². The van der Waals surface area contributed by atoms with Crippen molar-refractivity contribution in [3.8, 4) is 5.75 Å². The number of nitrogen functional groups attached to an aromatic ring is 1. The summed E-state index contributed by atoms with van der Waals surface area (Å²) in [6.45, 7) is 1.99. The van der Waals surface area contributed by atoms with Gasteiger partial charge in [-0.05, 0) is 34.5 Å². The molecular formula is C14H14BrFN2O. The molecule has 3 nitrogen and oxygen atoms in total. The summed E-state index contributed by atoms with van der Waals surface area (Å²) >= 11 is 3.50. The summed E-state index contributed by atoms with van der Waals surface area (Å²) in [5.41, 5.74) is 8.69. The molecule has 19 heavy (non-hydrogen) atoms. The molecule has 0 atom stereocenters. The third-order valence-corrected chi connectivity index (χ3v) is 3.84. The number of anilines is 3. The first-order chi connectivity index (χ1) is 9.02. The van der Waals surface area contributed by atoms with Gasteiger partial charge in [0.25, 0.3) is 0 Å². The van der Waals surface area contributed by atoms with E-state index in [2.05, 4.69) is 21.2 Å². The number of benzene rings is 2. The highest BCUT2D eigenvalue weighted by Crippen LogP contribution is 2.33. The third kappa shape index (κ3) is 2.81. The van der Waals surface area contributed by atoms with Gasteiger partial charge in [0.1, 0.15) is 0 Å². The monoisotopic (exact) mass is 324 g/mol. The maximum atomic E-state index is 13.5. The highest BCUT2D eigenvalue weighted by molar-refractivity contribution is 9.10. The van der Waals surface area contributed by atoms with Crippen LogP contribution in [-0.4, -0.2) is 7.11 Å². The number of aryl methyl sites for hydroxylation is 1. The molecule has 2 aromatic rings. The first kappa shape index (κ1) is 13.7. The lowest BCUT2D eigenvalue weighted by atomic mass is 10.2. The van der Waals surface area contributed by atoms with Crippen LogP contribution in [0.3, 0.4) is 0 Å². The van der Waals surface area contributed by atoms with E-state index in [1.165, 1.54) is 13.2 Å². The van der Waals surface area contributed by atoms with Crippen LogP contribution in [0.15, 0.2) is 34.8 Å². The Balaban J connectivity index is 2.41. The SMILES string of the molecule is COc1cc(Nc2cccc(C)c2Br)c(N)cc1F. The first-order valence-electron chi connectivity index (χ1n) is 5.68. The van der Waals surface area contributed by atoms with Crippen LogP contribution in [-0.2, 0) is 0 Å². The molecule has 0 radical (unpaired) electrons. The van der Waals surface area contributed by atoms with Crippen molar-refractivity contribution >= 4 is 33.0 Å². The van der Waals surface area contributed by atoms with Gasteiger partial charge in [0.15, 0.2) is 11.6 Å². The van der Waals surface area contributed by atoms with Gasteiger partial charge in [0.2, 0.25) is 0 Å². The maximum Gasteiger partial charge on any atom is 0.167 e. The van der Waals surface area contributed by atoms with E-state index in [1.807, 2.05) is 25.1 Å². The molecule has 5 heteroatoms. The zero-order valence-electron chi connectivity index (χ0n) is 10.6. The van der Waals surface area contributed by atoms with E-state index < -0.39 is 5.82 Å². The number of nitrogens with one attached hydrogen (secondary N) is 1. The van der Waals surface area contributed by atoms with Gasteiger partial charge in [-0.2, -0.15) is 0 Å². The molecule has 0 saturated carbocycles. The lowest BCUT2D eigenvalue weighted by Crippen LogP contribution is -2.00. The number of rotatable bonds is 3. The minimum Gasteiger partial charge on any atom is -0.494 e. The summed E-state index contributed by atoms with van der Waals surface area (Å²) in [6, 6.07) is 8.61. The molecule has 0 aliphatic heterocycles. The Hall–Kier alpha value is -1.75. The Morgan fingerprint density at radius 1 is 1.26 bits per heavy atom. The molecule has 0 bridgehead atoms. The van der Waals surface area contributed by atoms with Crippen molar-refractivity contribution in [1.82, 2.24) is 0 Å². The molecule has 0 fully saturated rings. The lowest BCUT2D eigenvalue weighted by molar-refractivity contribution is 0.387. The van der Waals surface area contributed by atoms with E-state index >= 15 is 0 Å². The van der Waals surface area contributed by atoms with Gasteiger partial charge >= 0.3 is 0 Å². The molecule has 0 spiro atoms. The van der Waals surface area contributed by atoms with Crippen molar-refractivity contribution in [3.05, 3.63) is 46.2 Å². The summed E-state index contributed by atoms with van der Waals surface area (Å²) in [5, 5.41) is 3.16. The van der Waals surface area contributed by atoms with E-state index in [1.54, 1.807) is 6.07 Å². The molecular weight excluding hydrogens is 311 g/mol. The van der Waals surface area contributed by atoms with Crippen LogP contribution in [0.25, 0.3) is 0 Å². The van der Waals surface area contributed by atoms with Gasteiger partial charge in [-0.3, -0.25) is 0 Å². The van der Waals surface area contributed by atoms with E-state index in [0.29, 0.717) is 11.4 Å². The van der Waals surface area contributed by atoms with Gasteiger partial charge in [-0.25, -0.2) is 4.39 Å². The lowest BCUT2D eigenvalue weighted by Gasteiger charge is -2.14. The number of ether oxygens (including phenoxy) is 1. The van der Waals surface area contributed by atoms with Gasteiger partial charge in [-0.15, -0.1) is 0 Å². The molecule has 100 valence electrons. The number of nitrogens with two attached hydrogens (primary N) is 1. The molecule has 0 aromatic heterocycles. The standard InChI is InChI=1S/C14H14BrFN2O/c1-8-4-3-5-11(14(8)15)18-12-7-13(19-2)9(16)6-10(12)17/h3-7,18H,17H2,1-2H3. The molecule has 2 aromatic carbocycles. The third-order valence-electron chi connectivity index (χ3n) is 2.79. The van der Waals surface area contributed by atoms with E-state index in [4.69, 9.17) is 10.5 Å². The van der Waals surface area contributed by atoms with Crippen molar-refractivity contribution in [2.75, 3.05) is 18.2 Å². The van der Waals surface area contributed by atoms with Crippen molar-refractivity contribution in [2.45, 2.75) is 6.92 Å². The van der Waals surface area contributed by atoms with Crippen LogP contribution >= 0.6 is 15.9 Å². The highest BCUT2D eigenvalue weighted by Gasteiger charge is 2.10. The topological polar surface area (TPSA) is 47.3 Å². The Labute approximate surface area is 119 Å². The summed E-state index contributed by atoms with van der Waals surface area (Å²) in [7, 11) is 1.42. The van der Waals surface area contributed by atoms with Crippen LogP contribution in [0.5, 0.6) is 5.75 Å². The van der Waals surface area contributed by atoms with Crippen LogP contribution in [0.4, 0.5) is 21.5 Å². The molecule has 0 amide bonds. The first-order valence-corrected chi connectivity index (χ1v) is 6.47. The number of halogens is 2.